The van der Waals surface area contributed by atoms with Gasteiger partial charge in [-0.3, -0.25) is 9.59 Å². The van der Waals surface area contributed by atoms with E-state index in [0.717, 1.165) is 18.4 Å². The molecule has 0 aliphatic carbocycles. The van der Waals surface area contributed by atoms with Crippen LogP contribution < -0.4 is 0 Å². The van der Waals surface area contributed by atoms with Crippen molar-refractivity contribution in [3.05, 3.63) is 35.4 Å². The van der Waals surface area contributed by atoms with Crippen LogP contribution in [-0.4, -0.2) is 36.5 Å². The van der Waals surface area contributed by atoms with Crippen LogP contribution in [0.2, 0.25) is 0 Å². The van der Waals surface area contributed by atoms with Crippen LogP contribution in [-0.2, 0) is 9.53 Å². The molecule has 0 saturated carbocycles. The molecule has 4 nitrogen and oxygen atoms in total. The van der Waals surface area contributed by atoms with Crippen LogP contribution in [0, 0.1) is 12.8 Å². The van der Waals surface area contributed by atoms with Crippen molar-refractivity contribution in [2.75, 3.05) is 19.7 Å². The van der Waals surface area contributed by atoms with Gasteiger partial charge in [-0.2, -0.15) is 0 Å². The molecule has 0 bridgehead atoms. The molecule has 0 aromatic heterocycles. The fourth-order valence-electron chi connectivity index (χ4n) is 2.49. The van der Waals surface area contributed by atoms with Crippen molar-refractivity contribution in [2.24, 2.45) is 5.92 Å². The summed E-state index contributed by atoms with van der Waals surface area (Å²) >= 11 is 0. The van der Waals surface area contributed by atoms with Crippen LogP contribution in [0.25, 0.3) is 0 Å². The van der Waals surface area contributed by atoms with Crippen molar-refractivity contribution < 1.29 is 14.3 Å². The predicted molar refractivity (Wildman–Crippen MR) is 83.7 cm³/mol. The highest BCUT2D eigenvalue weighted by Gasteiger charge is 2.29. The minimum absolute atomic E-state index is 0. The van der Waals surface area contributed by atoms with Crippen molar-refractivity contribution in [2.45, 2.75) is 26.7 Å². The quantitative estimate of drug-likeness (QED) is 0.806. The Morgan fingerprint density at radius 3 is 2.57 bits per heavy atom. The zero-order valence-electron chi connectivity index (χ0n) is 12.5. The minimum Gasteiger partial charge on any atom is -0.466 e. The summed E-state index contributed by atoms with van der Waals surface area (Å²) in [6.07, 6.45) is 1.65. The van der Waals surface area contributed by atoms with Gasteiger partial charge >= 0.3 is 5.97 Å². The number of piperidine rings is 1. The first-order valence-electron chi connectivity index (χ1n) is 7.14. The normalized spacial score (nSPS) is 17.8. The Kier molecular flexibility index (Phi) is 6.69. The molecule has 116 valence electrons. The van der Waals surface area contributed by atoms with Gasteiger partial charge in [-0.25, -0.2) is 0 Å². The fraction of sp³-hybridized carbons (Fsp3) is 0.500. The van der Waals surface area contributed by atoms with Gasteiger partial charge < -0.3 is 9.64 Å². The Morgan fingerprint density at radius 1 is 1.29 bits per heavy atom. The minimum atomic E-state index is -0.186. The van der Waals surface area contributed by atoms with E-state index < -0.39 is 0 Å². The van der Waals surface area contributed by atoms with E-state index in [-0.39, 0.29) is 30.2 Å². The summed E-state index contributed by atoms with van der Waals surface area (Å²) in [7, 11) is 0. The zero-order chi connectivity index (χ0) is 14.5. The maximum absolute atomic E-state index is 12.4. The van der Waals surface area contributed by atoms with Gasteiger partial charge in [0.2, 0.25) is 0 Å². The fourth-order valence-corrected chi connectivity index (χ4v) is 2.49. The summed E-state index contributed by atoms with van der Waals surface area (Å²) in [5.41, 5.74) is 1.81. The Labute approximate surface area is 131 Å². The number of hydrogen-bond acceptors (Lipinski definition) is 3. The maximum atomic E-state index is 12.4. The highest BCUT2D eigenvalue weighted by molar-refractivity contribution is 5.94. The second-order valence-electron chi connectivity index (χ2n) is 5.21. The van der Waals surface area contributed by atoms with E-state index in [4.69, 9.17) is 4.74 Å². The van der Waals surface area contributed by atoms with E-state index in [1.54, 1.807) is 11.8 Å². The largest absolute Gasteiger partial charge is 0.466 e. The number of esters is 1. The SMILES string of the molecule is CCOC(=O)C1CCCN(C(=O)c2ccc(C)cc2)C1.Cl. The van der Waals surface area contributed by atoms with Crippen LogP contribution >= 0.6 is 12.4 Å². The molecule has 1 fully saturated rings. The average molecular weight is 312 g/mol. The number of ether oxygens (including phenoxy) is 1. The molecule has 0 spiro atoms. The summed E-state index contributed by atoms with van der Waals surface area (Å²) in [5.74, 6) is -0.369. The first kappa shape index (κ1) is 17.5. The van der Waals surface area contributed by atoms with Gasteiger partial charge in [0.1, 0.15) is 0 Å². The number of carbonyl (C=O) groups is 2. The first-order valence-corrected chi connectivity index (χ1v) is 7.14. The first-order chi connectivity index (χ1) is 9.61. The van der Waals surface area contributed by atoms with Gasteiger partial charge in [0.25, 0.3) is 5.91 Å². The van der Waals surface area contributed by atoms with Gasteiger partial charge in [-0.05, 0) is 38.8 Å². The molecule has 1 aromatic rings. The molecule has 5 heteroatoms. The Hall–Kier alpha value is -1.55. The van der Waals surface area contributed by atoms with Gasteiger partial charge in [0.15, 0.2) is 0 Å². The number of carbonyl (C=O) groups excluding carboxylic acids is 2. The third-order valence-corrected chi connectivity index (χ3v) is 3.63. The molecule has 1 aliphatic rings. The van der Waals surface area contributed by atoms with Crippen LogP contribution in [0.3, 0.4) is 0 Å². The number of likely N-dealkylation sites (tertiary alicyclic amines) is 1. The third kappa shape index (κ3) is 4.46. The van der Waals surface area contributed by atoms with Gasteiger partial charge in [0, 0.05) is 18.7 Å². The number of amides is 1. The molecular formula is C16H22ClNO3. The Bertz CT molecular complexity index is 487. The van der Waals surface area contributed by atoms with Gasteiger partial charge in [0.05, 0.1) is 12.5 Å². The lowest BCUT2D eigenvalue weighted by atomic mass is 9.97. The summed E-state index contributed by atoms with van der Waals surface area (Å²) in [4.78, 5) is 26.0. The van der Waals surface area contributed by atoms with Crippen molar-refractivity contribution >= 4 is 24.3 Å². The molecule has 1 aliphatic heterocycles. The van der Waals surface area contributed by atoms with E-state index in [1.807, 2.05) is 31.2 Å². The standard InChI is InChI=1S/C16H21NO3.ClH/c1-3-20-16(19)14-5-4-10-17(11-14)15(18)13-8-6-12(2)7-9-13;/h6-9,14H,3-5,10-11H2,1-2H3;1H. The smallest absolute Gasteiger partial charge is 0.310 e. The van der Waals surface area contributed by atoms with Gasteiger partial charge in [-0.1, -0.05) is 17.7 Å². The molecule has 2 rings (SSSR count). The average Bonchev–Trinajstić information content (AvgIpc) is 2.48. The van der Waals surface area contributed by atoms with Crippen molar-refractivity contribution in [1.29, 1.82) is 0 Å². The highest BCUT2D eigenvalue weighted by atomic mass is 35.5. The number of benzene rings is 1. The molecule has 1 heterocycles. The lowest BCUT2D eigenvalue weighted by molar-refractivity contribution is -0.149. The lowest BCUT2D eigenvalue weighted by Crippen LogP contribution is -2.42. The number of halogens is 1. The number of aryl methyl sites for hydroxylation is 1. The van der Waals surface area contributed by atoms with Crippen LogP contribution in [0.1, 0.15) is 35.7 Å². The zero-order valence-corrected chi connectivity index (χ0v) is 13.3. The number of hydrogen-bond donors (Lipinski definition) is 0. The lowest BCUT2D eigenvalue weighted by Gasteiger charge is -2.31. The molecule has 0 N–H and O–H groups in total. The van der Waals surface area contributed by atoms with E-state index in [9.17, 15) is 9.59 Å². The molecular weight excluding hydrogens is 290 g/mol. The molecule has 1 unspecified atom stereocenters. The Morgan fingerprint density at radius 2 is 1.95 bits per heavy atom. The topological polar surface area (TPSA) is 46.6 Å². The molecule has 21 heavy (non-hydrogen) atoms. The second-order valence-corrected chi connectivity index (χ2v) is 5.21. The highest BCUT2D eigenvalue weighted by Crippen LogP contribution is 2.20. The van der Waals surface area contributed by atoms with Crippen molar-refractivity contribution in [1.82, 2.24) is 4.90 Å². The predicted octanol–water partition coefficient (Wildman–Crippen LogP) is 2.83. The van der Waals surface area contributed by atoms with Crippen LogP contribution in [0.4, 0.5) is 0 Å². The summed E-state index contributed by atoms with van der Waals surface area (Å²) < 4.78 is 5.05. The molecule has 1 saturated heterocycles. The molecule has 1 aromatic carbocycles. The van der Waals surface area contributed by atoms with Crippen LogP contribution in [0.5, 0.6) is 0 Å². The number of nitrogens with zero attached hydrogens (tertiary/aromatic N) is 1. The Balaban J connectivity index is 0.00000220. The van der Waals surface area contributed by atoms with Crippen molar-refractivity contribution in [3.8, 4) is 0 Å². The molecule has 0 radical (unpaired) electrons. The second kappa shape index (κ2) is 8.03. The van der Waals surface area contributed by atoms with E-state index in [0.29, 0.717) is 25.3 Å². The van der Waals surface area contributed by atoms with E-state index in [2.05, 4.69) is 0 Å². The summed E-state index contributed by atoms with van der Waals surface area (Å²) in [6.45, 7) is 5.36. The number of rotatable bonds is 3. The van der Waals surface area contributed by atoms with Crippen molar-refractivity contribution in [3.63, 3.8) is 0 Å². The molecule has 1 amide bonds. The summed E-state index contributed by atoms with van der Waals surface area (Å²) in [5, 5.41) is 0. The summed E-state index contributed by atoms with van der Waals surface area (Å²) in [6, 6.07) is 7.54. The maximum Gasteiger partial charge on any atom is 0.310 e. The monoisotopic (exact) mass is 311 g/mol. The van der Waals surface area contributed by atoms with Crippen LogP contribution in [0.15, 0.2) is 24.3 Å². The third-order valence-electron chi connectivity index (χ3n) is 3.63. The van der Waals surface area contributed by atoms with Gasteiger partial charge in [-0.15, -0.1) is 12.4 Å². The van der Waals surface area contributed by atoms with E-state index >= 15 is 0 Å². The molecule has 1 atom stereocenters. The van der Waals surface area contributed by atoms with E-state index in [1.165, 1.54) is 0 Å².